The maximum absolute atomic E-state index is 12.9. The van der Waals surface area contributed by atoms with Crippen molar-refractivity contribution in [3.05, 3.63) is 58.9 Å². The largest absolute Gasteiger partial charge is 0.380 e. The Morgan fingerprint density at radius 2 is 1.90 bits per heavy atom. The zero-order valence-corrected chi connectivity index (χ0v) is 12.3. The topological polar surface area (TPSA) is 46.2 Å². The molecule has 106 valence electrons. The second-order valence-electron chi connectivity index (χ2n) is 4.36. The van der Waals surface area contributed by atoms with Crippen LogP contribution in [0.2, 0.25) is 5.02 Å². The van der Waals surface area contributed by atoms with E-state index in [0.717, 1.165) is 6.26 Å². The van der Waals surface area contributed by atoms with Crippen molar-refractivity contribution in [2.75, 3.05) is 11.6 Å². The first-order valence-electron chi connectivity index (χ1n) is 5.85. The highest BCUT2D eigenvalue weighted by atomic mass is 35.5. The van der Waals surface area contributed by atoms with E-state index in [4.69, 9.17) is 11.6 Å². The van der Waals surface area contributed by atoms with Gasteiger partial charge in [0.2, 0.25) is 0 Å². The number of rotatable bonds is 4. The van der Waals surface area contributed by atoms with Crippen LogP contribution in [0.5, 0.6) is 0 Å². The molecule has 2 aromatic carbocycles. The lowest BCUT2D eigenvalue weighted by Crippen LogP contribution is -2.06. The Morgan fingerprint density at radius 1 is 1.20 bits per heavy atom. The van der Waals surface area contributed by atoms with Crippen LogP contribution in [0.25, 0.3) is 0 Å². The molecule has 0 aliphatic rings. The van der Waals surface area contributed by atoms with E-state index in [2.05, 4.69) is 5.32 Å². The van der Waals surface area contributed by atoms with Gasteiger partial charge in [-0.3, -0.25) is 0 Å². The summed E-state index contributed by atoms with van der Waals surface area (Å²) in [6.07, 6.45) is 1.15. The third kappa shape index (κ3) is 3.49. The number of sulfone groups is 1. The van der Waals surface area contributed by atoms with Crippen LogP contribution >= 0.6 is 11.6 Å². The zero-order valence-electron chi connectivity index (χ0n) is 10.7. The standard InChI is InChI=1S/C14H13ClFNO2S/c1-20(18,19)14-5-3-2-4-13(14)17-9-10-6-7-11(16)8-12(10)15/h2-8,17H,9H2,1H3. The summed E-state index contributed by atoms with van der Waals surface area (Å²) in [4.78, 5) is 0.221. The van der Waals surface area contributed by atoms with Gasteiger partial charge >= 0.3 is 0 Å². The molecule has 0 unspecified atom stereocenters. The molecule has 0 aromatic heterocycles. The quantitative estimate of drug-likeness (QED) is 0.939. The van der Waals surface area contributed by atoms with Crippen LogP contribution < -0.4 is 5.32 Å². The maximum Gasteiger partial charge on any atom is 0.177 e. The molecule has 0 radical (unpaired) electrons. The van der Waals surface area contributed by atoms with E-state index in [1.54, 1.807) is 24.3 Å². The number of hydrogen-bond donors (Lipinski definition) is 1. The summed E-state index contributed by atoms with van der Waals surface area (Å²) in [5, 5.41) is 3.31. The van der Waals surface area contributed by atoms with Gasteiger partial charge in [0.1, 0.15) is 5.82 Å². The third-order valence-electron chi connectivity index (χ3n) is 2.77. The lowest BCUT2D eigenvalue weighted by atomic mass is 10.2. The predicted octanol–water partition coefficient (Wildman–Crippen LogP) is 3.49. The highest BCUT2D eigenvalue weighted by molar-refractivity contribution is 7.90. The molecule has 0 saturated carbocycles. The molecule has 6 heteroatoms. The summed E-state index contributed by atoms with van der Waals surface area (Å²) in [6, 6.07) is 10.7. The van der Waals surface area contributed by atoms with Crippen molar-refractivity contribution in [1.82, 2.24) is 0 Å². The van der Waals surface area contributed by atoms with E-state index in [-0.39, 0.29) is 4.90 Å². The summed E-state index contributed by atoms with van der Waals surface area (Å²) in [6.45, 7) is 0.311. The second kappa shape index (κ2) is 5.81. The lowest BCUT2D eigenvalue weighted by Gasteiger charge is -2.11. The molecule has 0 amide bonds. The molecule has 3 nitrogen and oxygen atoms in total. The summed E-state index contributed by atoms with van der Waals surface area (Å²) >= 11 is 5.93. The number of halogens is 2. The van der Waals surface area contributed by atoms with Crippen LogP contribution in [0, 0.1) is 5.82 Å². The van der Waals surface area contributed by atoms with E-state index in [9.17, 15) is 12.8 Å². The minimum Gasteiger partial charge on any atom is -0.380 e. The lowest BCUT2D eigenvalue weighted by molar-refractivity contribution is 0.602. The van der Waals surface area contributed by atoms with Gasteiger partial charge in [-0.15, -0.1) is 0 Å². The van der Waals surface area contributed by atoms with Crippen LogP contribution in [0.1, 0.15) is 5.56 Å². The first-order valence-corrected chi connectivity index (χ1v) is 8.12. The molecule has 2 aromatic rings. The Kier molecular flexibility index (Phi) is 4.30. The molecule has 0 spiro atoms. The van der Waals surface area contributed by atoms with Crippen molar-refractivity contribution in [2.24, 2.45) is 0 Å². The molecule has 0 atom stereocenters. The fraction of sp³-hybridized carbons (Fsp3) is 0.143. The fourth-order valence-electron chi connectivity index (χ4n) is 1.79. The van der Waals surface area contributed by atoms with Gasteiger partial charge in [-0.2, -0.15) is 0 Å². The van der Waals surface area contributed by atoms with Gasteiger partial charge in [0, 0.05) is 17.8 Å². The SMILES string of the molecule is CS(=O)(=O)c1ccccc1NCc1ccc(F)cc1Cl. The molecule has 0 aliphatic carbocycles. The van der Waals surface area contributed by atoms with E-state index in [0.29, 0.717) is 22.8 Å². The fourth-order valence-corrected chi connectivity index (χ4v) is 2.89. The van der Waals surface area contributed by atoms with E-state index >= 15 is 0 Å². The molecule has 20 heavy (non-hydrogen) atoms. The minimum absolute atomic E-state index is 0.221. The van der Waals surface area contributed by atoms with Crippen LogP contribution in [0.4, 0.5) is 10.1 Å². The highest BCUT2D eigenvalue weighted by Crippen LogP contribution is 2.23. The number of anilines is 1. The van der Waals surface area contributed by atoms with E-state index < -0.39 is 15.7 Å². The summed E-state index contributed by atoms with van der Waals surface area (Å²) in [7, 11) is -3.31. The molecule has 0 heterocycles. The summed E-state index contributed by atoms with van der Waals surface area (Å²) in [5.41, 5.74) is 1.19. The number of hydrogen-bond acceptors (Lipinski definition) is 3. The molecular weight excluding hydrogens is 301 g/mol. The molecule has 2 rings (SSSR count). The molecule has 0 aliphatic heterocycles. The van der Waals surface area contributed by atoms with Gasteiger partial charge < -0.3 is 5.32 Å². The van der Waals surface area contributed by atoms with Gasteiger partial charge in [0.25, 0.3) is 0 Å². The molecular formula is C14H13ClFNO2S. The first-order chi connectivity index (χ1) is 9.38. The second-order valence-corrected chi connectivity index (χ2v) is 6.75. The Morgan fingerprint density at radius 3 is 2.55 bits per heavy atom. The van der Waals surface area contributed by atoms with Crippen molar-refractivity contribution in [3.8, 4) is 0 Å². The van der Waals surface area contributed by atoms with Crippen LogP contribution in [-0.4, -0.2) is 14.7 Å². The van der Waals surface area contributed by atoms with Crippen molar-refractivity contribution in [1.29, 1.82) is 0 Å². The van der Waals surface area contributed by atoms with Gasteiger partial charge in [0.05, 0.1) is 10.6 Å². The van der Waals surface area contributed by atoms with Crippen molar-refractivity contribution < 1.29 is 12.8 Å². The minimum atomic E-state index is -3.31. The van der Waals surface area contributed by atoms with Gasteiger partial charge in [-0.05, 0) is 29.8 Å². The normalized spacial score (nSPS) is 11.3. The monoisotopic (exact) mass is 313 g/mol. The number of nitrogens with one attached hydrogen (secondary N) is 1. The Labute approximate surface area is 122 Å². The number of benzene rings is 2. The van der Waals surface area contributed by atoms with Crippen LogP contribution in [0.3, 0.4) is 0 Å². The predicted molar refractivity (Wildman–Crippen MR) is 78.3 cm³/mol. The molecule has 0 fully saturated rings. The van der Waals surface area contributed by atoms with Gasteiger partial charge in [-0.25, -0.2) is 12.8 Å². The molecule has 1 N–H and O–H groups in total. The highest BCUT2D eigenvalue weighted by Gasteiger charge is 2.12. The van der Waals surface area contributed by atoms with Crippen molar-refractivity contribution >= 4 is 27.1 Å². The Hall–Kier alpha value is -1.59. The summed E-state index contributed by atoms with van der Waals surface area (Å²) in [5.74, 6) is -0.407. The molecule has 0 saturated heterocycles. The van der Waals surface area contributed by atoms with E-state index in [1.807, 2.05) is 0 Å². The van der Waals surface area contributed by atoms with Crippen LogP contribution in [-0.2, 0) is 16.4 Å². The average molecular weight is 314 g/mol. The molecule has 0 bridgehead atoms. The summed E-state index contributed by atoms with van der Waals surface area (Å²) < 4.78 is 36.3. The van der Waals surface area contributed by atoms with Crippen LogP contribution in [0.15, 0.2) is 47.4 Å². The first kappa shape index (κ1) is 14.8. The zero-order chi connectivity index (χ0) is 14.8. The van der Waals surface area contributed by atoms with E-state index in [1.165, 1.54) is 18.2 Å². The Balaban J connectivity index is 2.24. The van der Waals surface area contributed by atoms with Crippen molar-refractivity contribution in [3.63, 3.8) is 0 Å². The van der Waals surface area contributed by atoms with Crippen molar-refractivity contribution in [2.45, 2.75) is 11.4 Å². The third-order valence-corrected chi connectivity index (χ3v) is 4.28. The maximum atomic E-state index is 12.9. The Bertz CT molecular complexity index is 732. The number of para-hydroxylation sites is 1. The average Bonchev–Trinajstić information content (AvgIpc) is 2.37. The smallest absolute Gasteiger partial charge is 0.177 e. The van der Waals surface area contributed by atoms with Gasteiger partial charge in [-0.1, -0.05) is 29.8 Å². The van der Waals surface area contributed by atoms with Gasteiger partial charge in [0.15, 0.2) is 9.84 Å².